The molecule has 0 heterocycles. The lowest BCUT2D eigenvalue weighted by Gasteiger charge is -2.13. The largest absolute Gasteiger partial charge is 0.366 e. The molecule has 0 saturated carbocycles. The van der Waals surface area contributed by atoms with E-state index in [9.17, 15) is 9.59 Å². The number of carbonyl (C=O) groups is 2. The normalized spacial score (nSPS) is 13.6. The summed E-state index contributed by atoms with van der Waals surface area (Å²) in [6, 6.07) is -0.665. The molecule has 86 valence electrons. The predicted molar refractivity (Wildman–Crippen MR) is 56.4 cm³/mol. The van der Waals surface area contributed by atoms with Gasteiger partial charge in [-0.3, -0.25) is 9.59 Å². The SMILES string of the molecule is NCCNCC(N)/C(=C/C(N)=O)C(N)=O. The van der Waals surface area contributed by atoms with Crippen LogP contribution in [0.25, 0.3) is 0 Å². The highest BCUT2D eigenvalue weighted by Gasteiger charge is 2.15. The number of hydrogen-bond donors (Lipinski definition) is 5. The number of rotatable bonds is 7. The highest BCUT2D eigenvalue weighted by Crippen LogP contribution is 1.97. The highest BCUT2D eigenvalue weighted by atomic mass is 16.1. The molecule has 1 unspecified atom stereocenters. The minimum Gasteiger partial charge on any atom is -0.366 e. The van der Waals surface area contributed by atoms with Gasteiger partial charge in [0.25, 0.3) is 0 Å². The van der Waals surface area contributed by atoms with Crippen LogP contribution in [-0.4, -0.2) is 37.5 Å². The van der Waals surface area contributed by atoms with Crippen LogP contribution in [0.2, 0.25) is 0 Å². The van der Waals surface area contributed by atoms with Gasteiger partial charge in [0.1, 0.15) is 0 Å². The first-order valence-electron chi connectivity index (χ1n) is 4.46. The molecule has 1 atom stereocenters. The third-order valence-electron chi connectivity index (χ3n) is 1.67. The second kappa shape index (κ2) is 6.93. The van der Waals surface area contributed by atoms with Gasteiger partial charge in [0, 0.05) is 37.3 Å². The molecular weight excluding hydrogens is 198 g/mol. The summed E-state index contributed by atoms with van der Waals surface area (Å²) >= 11 is 0. The lowest BCUT2D eigenvalue weighted by atomic mass is 10.1. The quantitative estimate of drug-likeness (QED) is 0.223. The van der Waals surface area contributed by atoms with E-state index < -0.39 is 17.9 Å². The number of carbonyl (C=O) groups excluding carboxylic acids is 2. The Labute approximate surface area is 87.8 Å². The summed E-state index contributed by atoms with van der Waals surface area (Å²) in [5, 5.41) is 2.89. The lowest BCUT2D eigenvalue weighted by Crippen LogP contribution is -2.41. The first-order chi connectivity index (χ1) is 6.99. The molecule has 0 saturated heterocycles. The van der Waals surface area contributed by atoms with Crippen LogP contribution in [0.5, 0.6) is 0 Å². The van der Waals surface area contributed by atoms with Crippen molar-refractivity contribution in [3.63, 3.8) is 0 Å². The average molecular weight is 215 g/mol. The zero-order chi connectivity index (χ0) is 11.8. The van der Waals surface area contributed by atoms with Crippen molar-refractivity contribution in [1.82, 2.24) is 5.32 Å². The average Bonchev–Trinajstić information content (AvgIpc) is 2.13. The van der Waals surface area contributed by atoms with Crippen molar-refractivity contribution in [2.24, 2.45) is 22.9 Å². The van der Waals surface area contributed by atoms with Gasteiger partial charge in [-0.15, -0.1) is 0 Å². The summed E-state index contributed by atoms with van der Waals surface area (Å²) in [7, 11) is 0. The molecule has 9 N–H and O–H groups in total. The topological polar surface area (TPSA) is 150 Å². The molecule has 0 radical (unpaired) electrons. The fourth-order valence-corrected chi connectivity index (χ4v) is 0.984. The second-order valence-corrected chi connectivity index (χ2v) is 2.97. The molecule has 0 aliphatic carbocycles. The van der Waals surface area contributed by atoms with Crippen LogP contribution >= 0.6 is 0 Å². The van der Waals surface area contributed by atoms with Crippen LogP contribution in [0, 0.1) is 0 Å². The lowest BCUT2D eigenvalue weighted by molar-refractivity contribution is -0.116. The van der Waals surface area contributed by atoms with Crippen LogP contribution in [-0.2, 0) is 9.59 Å². The molecule has 0 spiro atoms. The first kappa shape index (κ1) is 13.6. The molecule has 0 aliphatic rings. The molecule has 0 aromatic carbocycles. The Balaban J connectivity index is 4.37. The Morgan fingerprint density at radius 1 is 1.33 bits per heavy atom. The van der Waals surface area contributed by atoms with E-state index in [1.165, 1.54) is 0 Å². The molecule has 15 heavy (non-hydrogen) atoms. The van der Waals surface area contributed by atoms with Crippen molar-refractivity contribution < 1.29 is 9.59 Å². The molecule has 0 fully saturated rings. The maximum atomic E-state index is 10.9. The zero-order valence-corrected chi connectivity index (χ0v) is 8.40. The van der Waals surface area contributed by atoms with Crippen LogP contribution in [0.15, 0.2) is 11.6 Å². The Morgan fingerprint density at radius 3 is 2.33 bits per heavy atom. The maximum Gasteiger partial charge on any atom is 0.246 e. The van der Waals surface area contributed by atoms with E-state index in [4.69, 9.17) is 22.9 Å². The van der Waals surface area contributed by atoms with Crippen LogP contribution in [0.1, 0.15) is 0 Å². The van der Waals surface area contributed by atoms with E-state index >= 15 is 0 Å². The van der Waals surface area contributed by atoms with Gasteiger partial charge < -0.3 is 28.3 Å². The van der Waals surface area contributed by atoms with Gasteiger partial charge in [0.05, 0.1) is 0 Å². The van der Waals surface area contributed by atoms with E-state index in [1.807, 2.05) is 0 Å². The first-order valence-corrected chi connectivity index (χ1v) is 4.46. The van der Waals surface area contributed by atoms with Crippen molar-refractivity contribution >= 4 is 11.8 Å². The third-order valence-corrected chi connectivity index (χ3v) is 1.67. The predicted octanol–water partition coefficient (Wildman–Crippen LogP) is -3.24. The van der Waals surface area contributed by atoms with E-state index in [1.54, 1.807) is 0 Å². The van der Waals surface area contributed by atoms with Gasteiger partial charge in [-0.05, 0) is 0 Å². The maximum absolute atomic E-state index is 10.9. The molecule has 7 heteroatoms. The molecule has 2 amide bonds. The van der Waals surface area contributed by atoms with Crippen LogP contribution < -0.4 is 28.3 Å². The third kappa shape index (κ3) is 5.78. The molecule has 0 bridgehead atoms. The van der Waals surface area contributed by atoms with Gasteiger partial charge in [-0.25, -0.2) is 0 Å². The van der Waals surface area contributed by atoms with E-state index in [0.29, 0.717) is 19.6 Å². The minimum atomic E-state index is -0.754. The Hall–Kier alpha value is -1.44. The molecule has 0 aromatic rings. The number of primary amides is 2. The van der Waals surface area contributed by atoms with Crippen molar-refractivity contribution in [2.75, 3.05) is 19.6 Å². The second-order valence-electron chi connectivity index (χ2n) is 2.97. The minimum absolute atomic E-state index is 0.00650. The van der Waals surface area contributed by atoms with E-state index in [0.717, 1.165) is 6.08 Å². The summed E-state index contributed by atoms with van der Waals surface area (Å²) in [6.45, 7) is 1.33. The van der Waals surface area contributed by atoms with Gasteiger partial charge in [0.2, 0.25) is 11.8 Å². The van der Waals surface area contributed by atoms with Crippen molar-refractivity contribution in [3.8, 4) is 0 Å². The van der Waals surface area contributed by atoms with Crippen LogP contribution in [0.3, 0.4) is 0 Å². The number of amides is 2. The van der Waals surface area contributed by atoms with Crippen molar-refractivity contribution in [2.45, 2.75) is 6.04 Å². The van der Waals surface area contributed by atoms with E-state index in [2.05, 4.69) is 5.32 Å². The molecule has 0 aliphatic heterocycles. The van der Waals surface area contributed by atoms with Crippen molar-refractivity contribution in [1.29, 1.82) is 0 Å². The summed E-state index contributed by atoms with van der Waals surface area (Å²) < 4.78 is 0. The molecule has 0 rings (SSSR count). The fraction of sp³-hybridized carbons (Fsp3) is 0.500. The summed E-state index contributed by atoms with van der Waals surface area (Å²) in [5.74, 6) is -1.51. The highest BCUT2D eigenvalue weighted by molar-refractivity contribution is 6.00. The van der Waals surface area contributed by atoms with Crippen LogP contribution in [0.4, 0.5) is 0 Å². The molecular formula is C8H17N5O2. The summed E-state index contributed by atoms with van der Waals surface area (Å²) in [5.41, 5.74) is 20.8. The van der Waals surface area contributed by atoms with Gasteiger partial charge in [-0.2, -0.15) is 0 Å². The zero-order valence-electron chi connectivity index (χ0n) is 8.40. The molecule has 0 aromatic heterocycles. The van der Waals surface area contributed by atoms with Gasteiger partial charge in [0.15, 0.2) is 0 Å². The Bertz CT molecular complexity index is 264. The van der Waals surface area contributed by atoms with E-state index in [-0.39, 0.29) is 5.57 Å². The number of hydrogen-bond acceptors (Lipinski definition) is 5. The van der Waals surface area contributed by atoms with Gasteiger partial charge in [-0.1, -0.05) is 0 Å². The Morgan fingerprint density at radius 2 is 1.93 bits per heavy atom. The van der Waals surface area contributed by atoms with Crippen molar-refractivity contribution in [3.05, 3.63) is 11.6 Å². The summed E-state index contributed by atoms with van der Waals surface area (Å²) in [6.07, 6.45) is 0.942. The fourth-order valence-electron chi connectivity index (χ4n) is 0.984. The smallest absolute Gasteiger partial charge is 0.246 e. The van der Waals surface area contributed by atoms with Gasteiger partial charge >= 0.3 is 0 Å². The molecule has 7 nitrogen and oxygen atoms in total. The monoisotopic (exact) mass is 215 g/mol. The number of nitrogens with two attached hydrogens (primary N) is 4. The standard InChI is InChI=1S/C8H17N5O2/c9-1-2-13-4-6(10)5(8(12)15)3-7(11)14/h3,6,13H,1-2,4,9-10H2,(H2,11,14)(H2,12,15)/b5-3-. The Kier molecular flexibility index (Phi) is 6.27. The summed E-state index contributed by atoms with van der Waals surface area (Å²) in [4.78, 5) is 21.5. The number of nitrogens with one attached hydrogen (secondary N) is 1.